The van der Waals surface area contributed by atoms with Gasteiger partial charge in [0.25, 0.3) is 0 Å². The fourth-order valence-electron chi connectivity index (χ4n) is 2.01. The van der Waals surface area contributed by atoms with Crippen molar-refractivity contribution in [2.75, 3.05) is 32.8 Å². The molecule has 0 atom stereocenters. The molecule has 0 saturated heterocycles. The van der Waals surface area contributed by atoms with E-state index in [4.69, 9.17) is 4.74 Å². The first kappa shape index (κ1) is 18.1. The Morgan fingerprint density at radius 2 is 1.95 bits per heavy atom. The molecule has 4 nitrogen and oxygen atoms in total. The van der Waals surface area contributed by atoms with Gasteiger partial charge in [-0.3, -0.25) is 4.99 Å². The van der Waals surface area contributed by atoms with Gasteiger partial charge in [-0.15, -0.1) is 0 Å². The van der Waals surface area contributed by atoms with Crippen LogP contribution in [-0.4, -0.2) is 45.0 Å². The maximum atomic E-state index is 12.1. The molecule has 0 amide bonds. The van der Waals surface area contributed by atoms with Crippen molar-refractivity contribution in [1.82, 2.24) is 10.6 Å². The van der Waals surface area contributed by atoms with Crippen molar-refractivity contribution in [1.29, 1.82) is 0 Å². The van der Waals surface area contributed by atoms with E-state index in [9.17, 15) is 13.2 Å². The average molecular weight is 309 g/mol. The molecule has 124 valence electrons. The van der Waals surface area contributed by atoms with Crippen LogP contribution in [0.5, 0.6) is 0 Å². The molecule has 0 aromatic heterocycles. The number of rotatable bonds is 9. The van der Waals surface area contributed by atoms with E-state index in [0.29, 0.717) is 25.7 Å². The molecule has 1 fully saturated rings. The second-order valence-corrected chi connectivity index (χ2v) is 5.43. The molecule has 2 N–H and O–H groups in total. The fourth-order valence-corrected chi connectivity index (χ4v) is 2.01. The van der Waals surface area contributed by atoms with E-state index in [1.165, 1.54) is 0 Å². The van der Waals surface area contributed by atoms with Crippen molar-refractivity contribution >= 4 is 5.96 Å². The van der Waals surface area contributed by atoms with Crippen molar-refractivity contribution in [3.05, 3.63) is 0 Å². The number of hydrogen-bond donors (Lipinski definition) is 2. The van der Waals surface area contributed by atoms with Crippen LogP contribution in [0.25, 0.3) is 0 Å². The Morgan fingerprint density at radius 3 is 2.48 bits per heavy atom. The monoisotopic (exact) mass is 309 g/mol. The van der Waals surface area contributed by atoms with Crippen molar-refractivity contribution in [3.8, 4) is 0 Å². The Bertz CT molecular complexity index is 328. The Morgan fingerprint density at radius 1 is 1.24 bits per heavy atom. The lowest BCUT2D eigenvalue weighted by atomic mass is 10.0. The lowest BCUT2D eigenvalue weighted by Gasteiger charge is -2.16. The number of ether oxygens (including phenoxy) is 1. The summed E-state index contributed by atoms with van der Waals surface area (Å²) in [6.07, 6.45) is -1.80. The third kappa shape index (κ3) is 8.14. The van der Waals surface area contributed by atoms with Crippen molar-refractivity contribution in [2.24, 2.45) is 10.4 Å². The minimum atomic E-state index is -4.14. The minimum absolute atomic E-state index is 0.152. The van der Waals surface area contributed by atoms with Crippen LogP contribution in [0.3, 0.4) is 0 Å². The van der Waals surface area contributed by atoms with Crippen LogP contribution in [-0.2, 0) is 4.74 Å². The van der Waals surface area contributed by atoms with Gasteiger partial charge in [0, 0.05) is 32.8 Å². The summed E-state index contributed by atoms with van der Waals surface area (Å²) in [6, 6.07) is 0. The number of alkyl halides is 3. The van der Waals surface area contributed by atoms with Crippen LogP contribution in [0, 0.1) is 5.41 Å². The zero-order valence-electron chi connectivity index (χ0n) is 12.9. The normalized spacial score (nSPS) is 17.7. The number of guanidine groups is 1. The molecule has 0 aromatic rings. The number of nitrogens with one attached hydrogen (secondary N) is 2. The number of halogens is 3. The van der Waals surface area contributed by atoms with E-state index < -0.39 is 12.6 Å². The summed E-state index contributed by atoms with van der Waals surface area (Å²) in [5.41, 5.74) is 0.196. The largest absolute Gasteiger partial charge is 0.390 e. The maximum absolute atomic E-state index is 12.1. The first-order valence-electron chi connectivity index (χ1n) is 7.57. The molecule has 0 bridgehead atoms. The quantitative estimate of drug-likeness (QED) is 0.391. The lowest BCUT2D eigenvalue weighted by Crippen LogP contribution is -2.39. The second kappa shape index (κ2) is 8.46. The van der Waals surface area contributed by atoms with Crippen molar-refractivity contribution < 1.29 is 17.9 Å². The Labute approximate surface area is 124 Å². The Hall–Kier alpha value is -0.980. The third-order valence-electron chi connectivity index (χ3n) is 3.56. The molecule has 0 spiro atoms. The highest BCUT2D eigenvalue weighted by atomic mass is 19.4. The molecule has 0 aliphatic heterocycles. The molecule has 0 heterocycles. The van der Waals surface area contributed by atoms with Gasteiger partial charge >= 0.3 is 6.18 Å². The van der Waals surface area contributed by atoms with Crippen LogP contribution in [0.2, 0.25) is 0 Å². The number of aliphatic imine (C=N–C) groups is 1. The van der Waals surface area contributed by atoms with Gasteiger partial charge in [0.05, 0.1) is 6.42 Å². The van der Waals surface area contributed by atoms with E-state index in [1.54, 1.807) is 0 Å². The molecule has 1 aliphatic rings. The molecule has 0 radical (unpaired) electrons. The molecule has 1 aliphatic carbocycles. The van der Waals surface area contributed by atoms with Gasteiger partial charge in [-0.05, 0) is 38.5 Å². The topological polar surface area (TPSA) is 45.7 Å². The van der Waals surface area contributed by atoms with Crippen molar-refractivity contribution in [2.45, 2.75) is 45.7 Å². The van der Waals surface area contributed by atoms with E-state index >= 15 is 0 Å². The third-order valence-corrected chi connectivity index (χ3v) is 3.56. The number of hydrogen-bond acceptors (Lipinski definition) is 2. The molecule has 21 heavy (non-hydrogen) atoms. The summed E-state index contributed by atoms with van der Waals surface area (Å²) in [5.74, 6) is 0.462. The van der Waals surface area contributed by atoms with Crippen molar-refractivity contribution in [3.63, 3.8) is 0 Å². The first-order valence-corrected chi connectivity index (χ1v) is 7.57. The molecule has 0 unspecified atom stereocenters. The van der Waals surface area contributed by atoms with Crippen LogP contribution >= 0.6 is 0 Å². The average Bonchev–Trinajstić information content (AvgIpc) is 3.15. The molecule has 1 saturated carbocycles. The Kier molecular flexibility index (Phi) is 7.28. The highest BCUT2D eigenvalue weighted by Crippen LogP contribution is 2.48. The van der Waals surface area contributed by atoms with Gasteiger partial charge in [-0.1, -0.05) is 0 Å². The fraction of sp³-hybridized carbons (Fsp3) is 0.929. The lowest BCUT2D eigenvalue weighted by molar-refractivity contribution is -0.132. The van der Waals surface area contributed by atoms with Gasteiger partial charge in [0.15, 0.2) is 5.96 Å². The predicted molar refractivity (Wildman–Crippen MR) is 77.4 cm³/mol. The van der Waals surface area contributed by atoms with Crippen LogP contribution in [0.1, 0.15) is 39.5 Å². The SMILES string of the molecule is CCNC(=NCC1(CCOCC)CC1)NCCC(F)(F)F. The summed E-state index contributed by atoms with van der Waals surface area (Å²) in [4.78, 5) is 4.42. The van der Waals surface area contributed by atoms with E-state index in [1.807, 2.05) is 13.8 Å². The van der Waals surface area contributed by atoms with Gasteiger partial charge < -0.3 is 15.4 Å². The summed E-state index contributed by atoms with van der Waals surface area (Å²) in [7, 11) is 0. The molecule has 7 heteroatoms. The van der Waals surface area contributed by atoms with Gasteiger partial charge in [-0.25, -0.2) is 0 Å². The maximum Gasteiger partial charge on any atom is 0.390 e. The highest BCUT2D eigenvalue weighted by Gasteiger charge is 2.41. The summed E-state index contributed by atoms with van der Waals surface area (Å²) < 4.78 is 41.8. The predicted octanol–water partition coefficient (Wildman–Crippen LogP) is 2.70. The number of nitrogens with zero attached hydrogens (tertiary/aromatic N) is 1. The molecule has 0 aromatic carbocycles. The zero-order chi connectivity index (χ0) is 15.8. The molecule has 1 rings (SSSR count). The molecular weight excluding hydrogens is 283 g/mol. The van der Waals surface area contributed by atoms with E-state index in [2.05, 4.69) is 15.6 Å². The van der Waals surface area contributed by atoms with Gasteiger partial charge in [0.1, 0.15) is 0 Å². The Balaban J connectivity index is 2.37. The first-order chi connectivity index (χ1) is 9.91. The zero-order valence-corrected chi connectivity index (χ0v) is 12.9. The van der Waals surface area contributed by atoms with Crippen LogP contribution < -0.4 is 10.6 Å². The summed E-state index contributed by atoms with van der Waals surface area (Å²) in [6.45, 7) is 6.41. The second-order valence-electron chi connectivity index (χ2n) is 5.43. The van der Waals surface area contributed by atoms with Crippen LogP contribution in [0.4, 0.5) is 13.2 Å². The van der Waals surface area contributed by atoms with Crippen LogP contribution in [0.15, 0.2) is 4.99 Å². The minimum Gasteiger partial charge on any atom is -0.382 e. The summed E-state index contributed by atoms with van der Waals surface area (Å²) in [5, 5.41) is 5.71. The van der Waals surface area contributed by atoms with E-state index in [-0.39, 0.29) is 12.0 Å². The van der Waals surface area contributed by atoms with Gasteiger partial charge in [0.2, 0.25) is 0 Å². The smallest absolute Gasteiger partial charge is 0.382 e. The molecular formula is C14H26F3N3O. The summed E-state index contributed by atoms with van der Waals surface area (Å²) >= 11 is 0. The highest BCUT2D eigenvalue weighted by molar-refractivity contribution is 5.79. The van der Waals surface area contributed by atoms with Gasteiger partial charge in [-0.2, -0.15) is 13.2 Å². The standard InChI is InChI=1S/C14H26F3N3O/c1-3-18-12(19-9-7-14(15,16)17)20-11-13(5-6-13)8-10-21-4-2/h3-11H2,1-2H3,(H2,18,19,20). The van der Waals surface area contributed by atoms with E-state index in [0.717, 1.165) is 25.9 Å².